The SMILES string of the molecule is Cc1nc(Cn2cccc2)c2cc(C3CCCCC3)sc2n1. The Morgan fingerprint density at radius 2 is 1.91 bits per heavy atom. The molecule has 0 amide bonds. The van der Waals surface area contributed by atoms with Crippen molar-refractivity contribution < 1.29 is 0 Å². The molecule has 1 aliphatic carbocycles. The summed E-state index contributed by atoms with van der Waals surface area (Å²) in [6.45, 7) is 2.83. The van der Waals surface area contributed by atoms with Crippen molar-refractivity contribution in [1.29, 1.82) is 0 Å². The van der Waals surface area contributed by atoms with Crippen molar-refractivity contribution in [3.05, 3.63) is 47.0 Å². The lowest BCUT2D eigenvalue weighted by atomic mass is 9.88. The fourth-order valence-corrected chi connectivity index (χ4v) is 4.74. The van der Waals surface area contributed by atoms with Gasteiger partial charge in [0.15, 0.2) is 0 Å². The van der Waals surface area contributed by atoms with E-state index in [1.54, 1.807) is 0 Å². The van der Waals surface area contributed by atoms with Crippen LogP contribution in [0.15, 0.2) is 30.6 Å². The molecule has 1 saturated carbocycles. The maximum Gasteiger partial charge on any atom is 0.127 e. The number of hydrogen-bond donors (Lipinski definition) is 0. The summed E-state index contributed by atoms with van der Waals surface area (Å²) in [5.74, 6) is 1.62. The van der Waals surface area contributed by atoms with Crippen molar-refractivity contribution in [3.8, 4) is 0 Å². The summed E-state index contributed by atoms with van der Waals surface area (Å²) in [4.78, 5) is 12.1. The van der Waals surface area contributed by atoms with Gasteiger partial charge in [0.25, 0.3) is 0 Å². The van der Waals surface area contributed by atoms with Crippen LogP contribution in [-0.4, -0.2) is 14.5 Å². The van der Waals surface area contributed by atoms with Crippen molar-refractivity contribution >= 4 is 21.6 Å². The van der Waals surface area contributed by atoms with Gasteiger partial charge in [-0.15, -0.1) is 11.3 Å². The minimum atomic E-state index is 0.743. The zero-order valence-electron chi connectivity index (χ0n) is 13.0. The maximum atomic E-state index is 4.71. The lowest BCUT2D eigenvalue weighted by molar-refractivity contribution is 0.448. The molecule has 0 aliphatic heterocycles. The highest BCUT2D eigenvalue weighted by molar-refractivity contribution is 7.18. The molecule has 4 rings (SSSR count). The fraction of sp³-hybridized carbons (Fsp3) is 0.444. The van der Waals surface area contributed by atoms with Crippen LogP contribution in [0.4, 0.5) is 0 Å². The molecule has 114 valence electrons. The van der Waals surface area contributed by atoms with Crippen LogP contribution in [0.1, 0.15) is 54.4 Å². The van der Waals surface area contributed by atoms with E-state index in [1.165, 1.54) is 42.4 Å². The smallest absolute Gasteiger partial charge is 0.127 e. The highest BCUT2D eigenvalue weighted by Crippen LogP contribution is 2.39. The minimum absolute atomic E-state index is 0.743. The van der Waals surface area contributed by atoms with Crippen molar-refractivity contribution in [2.45, 2.75) is 51.5 Å². The van der Waals surface area contributed by atoms with Crippen LogP contribution in [0.2, 0.25) is 0 Å². The van der Waals surface area contributed by atoms with E-state index in [0.29, 0.717) is 0 Å². The van der Waals surface area contributed by atoms with Gasteiger partial charge in [0, 0.05) is 22.7 Å². The lowest BCUT2D eigenvalue weighted by Gasteiger charge is -2.19. The molecule has 0 spiro atoms. The number of aryl methyl sites for hydroxylation is 1. The monoisotopic (exact) mass is 311 g/mol. The average molecular weight is 311 g/mol. The van der Waals surface area contributed by atoms with Crippen molar-refractivity contribution in [2.75, 3.05) is 0 Å². The fourth-order valence-electron chi connectivity index (χ4n) is 3.47. The van der Waals surface area contributed by atoms with Crippen molar-refractivity contribution in [2.24, 2.45) is 0 Å². The van der Waals surface area contributed by atoms with Crippen LogP contribution >= 0.6 is 11.3 Å². The first-order valence-electron chi connectivity index (χ1n) is 8.17. The molecule has 1 aliphatic rings. The van der Waals surface area contributed by atoms with Crippen LogP contribution in [0.25, 0.3) is 10.2 Å². The quantitative estimate of drug-likeness (QED) is 0.689. The number of fused-ring (bicyclic) bond motifs is 1. The van der Waals surface area contributed by atoms with Crippen LogP contribution in [-0.2, 0) is 6.54 Å². The van der Waals surface area contributed by atoms with Gasteiger partial charge in [-0.1, -0.05) is 19.3 Å². The summed E-state index contributed by atoms with van der Waals surface area (Å²) in [7, 11) is 0. The molecule has 3 heterocycles. The van der Waals surface area contributed by atoms with E-state index in [9.17, 15) is 0 Å². The zero-order chi connectivity index (χ0) is 14.9. The highest BCUT2D eigenvalue weighted by atomic mass is 32.1. The third kappa shape index (κ3) is 2.68. The van der Waals surface area contributed by atoms with Gasteiger partial charge in [-0.2, -0.15) is 0 Å². The molecule has 0 aromatic carbocycles. The van der Waals surface area contributed by atoms with Crippen LogP contribution in [0, 0.1) is 6.92 Å². The van der Waals surface area contributed by atoms with Gasteiger partial charge >= 0.3 is 0 Å². The number of aromatic nitrogens is 3. The molecule has 3 aromatic rings. The summed E-state index contributed by atoms with van der Waals surface area (Å²) in [6, 6.07) is 6.49. The molecule has 0 N–H and O–H groups in total. The van der Waals surface area contributed by atoms with E-state index in [0.717, 1.165) is 28.8 Å². The molecule has 3 nitrogen and oxygen atoms in total. The highest BCUT2D eigenvalue weighted by Gasteiger charge is 2.19. The van der Waals surface area contributed by atoms with Crippen LogP contribution < -0.4 is 0 Å². The zero-order valence-corrected chi connectivity index (χ0v) is 13.8. The molecule has 0 unspecified atom stereocenters. The Kier molecular flexibility index (Phi) is 3.70. The van der Waals surface area contributed by atoms with Gasteiger partial charge < -0.3 is 4.57 Å². The molecule has 22 heavy (non-hydrogen) atoms. The molecule has 1 fully saturated rings. The first-order chi connectivity index (χ1) is 10.8. The average Bonchev–Trinajstić information content (AvgIpc) is 3.17. The summed E-state index contributed by atoms with van der Waals surface area (Å²) < 4.78 is 2.18. The van der Waals surface area contributed by atoms with E-state index in [4.69, 9.17) is 4.98 Å². The summed E-state index contributed by atoms with van der Waals surface area (Å²) >= 11 is 1.88. The molecule has 0 saturated heterocycles. The molecule has 0 radical (unpaired) electrons. The summed E-state index contributed by atoms with van der Waals surface area (Å²) in [6.07, 6.45) is 11.0. The summed E-state index contributed by atoms with van der Waals surface area (Å²) in [5.41, 5.74) is 1.15. The predicted molar refractivity (Wildman–Crippen MR) is 91.5 cm³/mol. The predicted octanol–water partition coefficient (Wildman–Crippen LogP) is 4.90. The third-order valence-electron chi connectivity index (χ3n) is 4.61. The van der Waals surface area contributed by atoms with Crippen LogP contribution in [0.3, 0.4) is 0 Å². The number of hydrogen-bond acceptors (Lipinski definition) is 3. The van der Waals surface area contributed by atoms with Crippen LogP contribution in [0.5, 0.6) is 0 Å². The van der Waals surface area contributed by atoms with Gasteiger partial charge in [0.2, 0.25) is 0 Å². The Balaban J connectivity index is 1.74. The number of thiophene rings is 1. The Morgan fingerprint density at radius 3 is 2.68 bits per heavy atom. The third-order valence-corrected chi connectivity index (χ3v) is 5.80. The maximum absolute atomic E-state index is 4.71. The van der Waals surface area contributed by atoms with Crippen molar-refractivity contribution in [3.63, 3.8) is 0 Å². The van der Waals surface area contributed by atoms with E-state index in [2.05, 4.69) is 40.1 Å². The second-order valence-corrected chi connectivity index (χ2v) is 7.34. The van der Waals surface area contributed by atoms with Crippen molar-refractivity contribution in [1.82, 2.24) is 14.5 Å². The first-order valence-corrected chi connectivity index (χ1v) is 8.99. The largest absolute Gasteiger partial charge is 0.348 e. The second kappa shape index (κ2) is 5.84. The molecular formula is C18H21N3S. The lowest BCUT2D eigenvalue weighted by Crippen LogP contribution is -2.02. The van der Waals surface area contributed by atoms with E-state index >= 15 is 0 Å². The Morgan fingerprint density at radius 1 is 1.14 bits per heavy atom. The van der Waals surface area contributed by atoms with Gasteiger partial charge in [-0.05, 0) is 43.9 Å². The van der Waals surface area contributed by atoms with Gasteiger partial charge in [0.1, 0.15) is 10.7 Å². The molecule has 0 bridgehead atoms. The van der Waals surface area contributed by atoms with Gasteiger partial charge in [0.05, 0.1) is 12.2 Å². The molecule has 4 heteroatoms. The van der Waals surface area contributed by atoms with Gasteiger partial charge in [-0.3, -0.25) is 0 Å². The number of nitrogens with zero attached hydrogens (tertiary/aromatic N) is 3. The van der Waals surface area contributed by atoms with E-state index in [1.807, 2.05) is 18.3 Å². The van der Waals surface area contributed by atoms with Gasteiger partial charge in [-0.25, -0.2) is 9.97 Å². The first kappa shape index (κ1) is 13.9. The van der Waals surface area contributed by atoms with E-state index < -0.39 is 0 Å². The normalized spacial score (nSPS) is 16.4. The summed E-state index contributed by atoms with van der Waals surface area (Å²) in [5, 5.41) is 1.25. The Hall–Kier alpha value is -1.68. The topological polar surface area (TPSA) is 30.7 Å². The standard InChI is InChI=1S/C18H21N3S/c1-13-19-16(12-21-9-5-6-10-21)15-11-17(22-18(15)20-13)14-7-3-2-4-8-14/h5-6,9-11,14H,2-4,7-8,12H2,1H3. The molecular weight excluding hydrogens is 290 g/mol. The number of rotatable bonds is 3. The Labute approximate surface area is 135 Å². The second-order valence-electron chi connectivity index (χ2n) is 6.28. The molecule has 0 atom stereocenters. The van der Waals surface area contributed by atoms with E-state index in [-0.39, 0.29) is 0 Å². The minimum Gasteiger partial charge on any atom is -0.348 e. The molecule has 3 aromatic heterocycles. The Bertz CT molecular complexity index is 767.